The van der Waals surface area contributed by atoms with Gasteiger partial charge in [-0.2, -0.15) is 18.3 Å². The van der Waals surface area contributed by atoms with E-state index in [9.17, 15) is 18.0 Å². The van der Waals surface area contributed by atoms with Gasteiger partial charge in [-0.05, 0) is 42.0 Å². The Bertz CT molecular complexity index is 1350. The van der Waals surface area contributed by atoms with E-state index in [1.165, 1.54) is 12.1 Å². The molecule has 5 rings (SSSR count). The van der Waals surface area contributed by atoms with Crippen LogP contribution < -0.4 is 10.1 Å². The number of fused-ring (bicyclic) bond motifs is 2. The molecule has 3 heterocycles. The number of hydrogen-bond acceptors (Lipinski definition) is 4. The van der Waals surface area contributed by atoms with Gasteiger partial charge in [0, 0.05) is 30.6 Å². The average Bonchev–Trinajstić information content (AvgIpc) is 3.19. The SMILES string of the molecule is Cn1ncc2ccc(C(=O)NC3(c4ccc(C(F)(F)F)cc4)CCOc4cccnc43)cc21. The van der Waals surface area contributed by atoms with Gasteiger partial charge in [0.05, 0.1) is 23.9 Å². The first-order valence-electron chi connectivity index (χ1n) is 10.3. The first kappa shape index (κ1) is 21.0. The Morgan fingerprint density at radius 2 is 1.94 bits per heavy atom. The smallest absolute Gasteiger partial charge is 0.416 e. The van der Waals surface area contributed by atoms with Crippen LogP contribution in [0.2, 0.25) is 0 Å². The highest BCUT2D eigenvalue weighted by Crippen LogP contribution is 2.41. The monoisotopic (exact) mass is 452 g/mol. The van der Waals surface area contributed by atoms with Gasteiger partial charge in [0.2, 0.25) is 0 Å². The predicted octanol–water partition coefficient (Wildman–Crippen LogP) is 4.44. The third kappa shape index (κ3) is 3.59. The molecule has 0 saturated heterocycles. The molecule has 0 radical (unpaired) electrons. The summed E-state index contributed by atoms with van der Waals surface area (Å²) < 4.78 is 46.8. The molecular weight excluding hydrogens is 433 g/mol. The van der Waals surface area contributed by atoms with Crippen LogP contribution in [0.5, 0.6) is 5.75 Å². The highest BCUT2D eigenvalue weighted by atomic mass is 19.4. The van der Waals surface area contributed by atoms with E-state index in [-0.39, 0.29) is 12.5 Å². The zero-order valence-electron chi connectivity index (χ0n) is 17.6. The number of nitrogens with zero attached hydrogens (tertiary/aromatic N) is 3. The van der Waals surface area contributed by atoms with Crippen LogP contribution in [0.25, 0.3) is 10.9 Å². The van der Waals surface area contributed by atoms with Crippen molar-refractivity contribution in [3.05, 3.63) is 89.4 Å². The Hall–Kier alpha value is -3.88. The third-order valence-electron chi connectivity index (χ3n) is 5.95. The van der Waals surface area contributed by atoms with Crippen LogP contribution in [-0.4, -0.2) is 27.3 Å². The minimum absolute atomic E-state index is 0.265. The Labute approximate surface area is 187 Å². The normalized spacial score (nSPS) is 17.9. The minimum Gasteiger partial charge on any atom is -0.491 e. The number of halogens is 3. The second-order valence-electron chi connectivity index (χ2n) is 7.92. The third-order valence-corrected chi connectivity index (χ3v) is 5.95. The van der Waals surface area contributed by atoms with Crippen molar-refractivity contribution >= 4 is 16.8 Å². The van der Waals surface area contributed by atoms with Gasteiger partial charge in [0.25, 0.3) is 5.91 Å². The van der Waals surface area contributed by atoms with Gasteiger partial charge in [0.1, 0.15) is 17.0 Å². The molecule has 9 heteroatoms. The van der Waals surface area contributed by atoms with Crippen molar-refractivity contribution in [1.82, 2.24) is 20.1 Å². The van der Waals surface area contributed by atoms with Gasteiger partial charge < -0.3 is 10.1 Å². The number of hydrogen-bond donors (Lipinski definition) is 1. The first-order chi connectivity index (χ1) is 15.8. The van der Waals surface area contributed by atoms with Gasteiger partial charge in [-0.25, -0.2) is 0 Å². The number of ether oxygens (including phenoxy) is 1. The van der Waals surface area contributed by atoms with Gasteiger partial charge in [-0.15, -0.1) is 0 Å². The molecule has 168 valence electrons. The second-order valence-corrected chi connectivity index (χ2v) is 7.92. The van der Waals surface area contributed by atoms with E-state index in [1.807, 2.05) is 0 Å². The average molecular weight is 452 g/mol. The Morgan fingerprint density at radius 1 is 1.15 bits per heavy atom. The highest BCUT2D eigenvalue weighted by Gasteiger charge is 2.43. The summed E-state index contributed by atoms with van der Waals surface area (Å²) in [7, 11) is 1.78. The summed E-state index contributed by atoms with van der Waals surface area (Å²) in [5, 5.41) is 8.15. The molecule has 0 spiro atoms. The largest absolute Gasteiger partial charge is 0.491 e. The molecule has 2 aromatic heterocycles. The summed E-state index contributed by atoms with van der Waals surface area (Å²) in [6, 6.07) is 13.5. The molecule has 1 aliphatic rings. The first-order valence-corrected chi connectivity index (χ1v) is 10.3. The second kappa shape index (κ2) is 7.61. The number of carbonyl (C=O) groups excluding carboxylic acids is 1. The number of amides is 1. The van der Waals surface area contributed by atoms with E-state index in [4.69, 9.17) is 4.74 Å². The molecule has 0 aliphatic carbocycles. The van der Waals surface area contributed by atoms with Crippen LogP contribution in [0.3, 0.4) is 0 Å². The number of aryl methyl sites for hydroxylation is 1. The molecule has 4 aromatic rings. The quantitative estimate of drug-likeness (QED) is 0.499. The topological polar surface area (TPSA) is 69.0 Å². The molecule has 6 nitrogen and oxygen atoms in total. The van der Waals surface area contributed by atoms with Gasteiger partial charge >= 0.3 is 6.18 Å². The predicted molar refractivity (Wildman–Crippen MR) is 115 cm³/mol. The molecule has 1 amide bonds. The summed E-state index contributed by atoms with van der Waals surface area (Å²) >= 11 is 0. The lowest BCUT2D eigenvalue weighted by Crippen LogP contribution is -2.50. The fourth-order valence-corrected chi connectivity index (χ4v) is 4.23. The fourth-order valence-electron chi connectivity index (χ4n) is 4.23. The van der Waals surface area contributed by atoms with Crippen molar-refractivity contribution in [2.45, 2.75) is 18.1 Å². The molecule has 0 fully saturated rings. The number of pyridine rings is 1. The molecule has 33 heavy (non-hydrogen) atoms. The summed E-state index contributed by atoms with van der Waals surface area (Å²) in [5.41, 5.74) is 0.220. The van der Waals surface area contributed by atoms with Gasteiger partial charge in [0.15, 0.2) is 0 Å². The van der Waals surface area contributed by atoms with Crippen LogP contribution in [0.4, 0.5) is 13.2 Å². The van der Waals surface area contributed by atoms with E-state index in [0.29, 0.717) is 29.0 Å². The summed E-state index contributed by atoms with van der Waals surface area (Å²) in [6.07, 6.45) is -0.874. The van der Waals surface area contributed by atoms with Crippen molar-refractivity contribution < 1.29 is 22.7 Å². The molecule has 1 aliphatic heterocycles. The van der Waals surface area contributed by atoms with E-state index in [1.54, 1.807) is 54.5 Å². The number of aromatic nitrogens is 3. The van der Waals surface area contributed by atoms with E-state index < -0.39 is 17.3 Å². The van der Waals surface area contributed by atoms with Crippen molar-refractivity contribution in [3.63, 3.8) is 0 Å². The number of alkyl halides is 3. The Kier molecular flexibility index (Phi) is 4.84. The number of carbonyl (C=O) groups is 1. The van der Waals surface area contributed by atoms with Crippen molar-refractivity contribution in [2.24, 2.45) is 7.05 Å². The number of rotatable bonds is 3. The Morgan fingerprint density at radius 3 is 2.70 bits per heavy atom. The molecule has 1 unspecified atom stereocenters. The number of nitrogens with one attached hydrogen (secondary N) is 1. The van der Waals surface area contributed by atoms with Crippen molar-refractivity contribution in [3.8, 4) is 5.75 Å². The van der Waals surface area contributed by atoms with Gasteiger partial charge in [-0.1, -0.05) is 18.2 Å². The standard InChI is InChI=1S/C24H19F3N4O2/c1-31-19-13-15(4-5-16(19)14-29-31)22(32)30-23(10-12-33-20-3-2-11-28-21(20)23)17-6-8-18(9-7-17)24(25,26)27/h2-9,11,13-14H,10,12H2,1H3,(H,30,32). The van der Waals surface area contributed by atoms with Gasteiger partial charge in [-0.3, -0.25) is 14.5 Å². The van der Waals surface area contributed by atoms with Crippen LogP contribution in [-0.2, 0) is 18.8 Å². The van der Waals surface area contributed by atoms with E-state index in [0.717, 1.165) is 23.0 Å². The Balaban J connectivity index is 1.60. The minimum atomic E-state index is -4.46. The lowest BCUT2D eigenvalue weighted by molar-refractivity contribution is -0.137. The molecule has 1 atom stereocenters. The van der Waals surface area contributed by atoms with Crippen LogP contribution >= 0.6 is 0 Å². The maximum absolute atomic E-state index is 13.4. The fraction of sp³-hybridized carbons (Fsp3) is 0.208. The van der Waals surface area contributed by atoms with E-state index in [2.05, 4.69) is 15.4 Å². The summed E-state index contributed by atoms with van der Waals surface area (Å²) in [6.45, 7) is 0.265. The lowest BCUT2D eigenvalue weighted by Gasteiger charge is -2.39. The maximum atomic E-state index is 13.4. The summed E-state index contributed by atoms with van der Waals surface area (Å²) in [5.74, 6) is 0.0996. The van der Waals surface area contributed by atoms with Crippen molar-refractivity contribution in [1.29, 1.82) is 0 Å². The van der Waals surface area contributed by atoms with Crippen LogP contribution in [0.15, 0.2) is 67.0 Å². The molecular formula is C24H19F3N4O2. The molecule has 1 N–H and O–H groups in total. The zero-order chi connectivity index (χ0) is 23.2. The van der Waals surface area contributed by atoms with E-state index >= 15 is 0 Å². The van der Waals surface area contributed by atoms with Crippen molar-refractivity contribution in [2.75, 3.05) is 6.61 Å². The summed E-state index contributed by atoms with van der Waals surface area (Å²) in [4.78, 5) is 17.9. The molecule has 0 bridgehead atoms. The molecule has 0 saturated carbocycles. The molecule has 2 aromatic carbocycles. The maximum Gasteiger partial charge on any atom is 0.416 e. The zero-order valence-corrected chi connectivity index (χ0v) is 17.6. The highest BCUT2D eigenvalue weighted by molar-refractivity contribution is 5.98. The van der Waals surface area contributed by atoms with Crippen LogP contribution in [0, 0.1) is 0 Å². The lowest BCUT2D eigenvalue weighted by atomic mass is 9.80. The number of benzene rings is 2. The van der Waals surface area contributed by atoms with Crippen LogP contribution in [0.1, 0.15) is 33.6 Å².